The van der Waals surface area contributed by atoms with Gasteiger partial charge in [0, 0.05) is 18.6 Å². The van der Waals surface area contributed by atoms with Crippen LogP contribution in [0.5, 0.6) is 0 Å². The maximum Gasteiger partial charge on any atom is 0.325 e. The quantitative estimate of drug-likeness (QED) is 0.544. The minimum absolute atomic E-state index is 0.0529. The van der Waals surface area contributed by atoms with E-state index in [4.69, 9.17) is 4.74 Å². The van der Waals surface area contributed by atoms with Crippen LogP contribution in [0.25, 0.3) is 0 Å². The Labute approximate surface area is 180 Å². The van der Waals surface area contributed by atoms with Crippen molar-refractivity contribution in [2.24, 2.45) is 5.41 Å². The number of hydrogen-bond donors (Lipinski definition) is 1. The summed E-state index contributed by atoms with van der Waals surface area (Å²) in [5.41, 5.74) is 2.36. The Morgan fingerprint density at radius 2 is 1.93 bits per heavy atom. The monoisotopic (exact) mass is 412 g/mol. The van der Waals surface area contributed by atoms with Crippen LogP contribution in [0.3, 0.4) is 0 Å². The van der Waals surface area contributed by atoms with Crippen LogP contribution in [0, 0.1) is 5.41 Å². The fourth-order valence-electron chi connectivity index (χ4n) is 6.13. The molecular weight excluding hydrogens is 376 g/mol. The molecule has 1 aromatic rings. The second-order valence-electron chi connectivity index (χ2n) is 9.79. The molecule has 1 N–H and O–H groups in total. The van der Waals surface area contributed by atoms with Gasteiger partial charge in [0.05, 0.1) is 6.10 Å². The minimum Gasteiger partial charge on any atom is -0.381 e. The van der Waals surface area contributed by atoms with Crippen molar-refractivity contribution in [3.8, 4) is 0 Å². The predicted molar refractivity (Wildman–Crippen MR) is 117 cm³/mol. The van der Waals surface area contributed by atoms with Crippen LogP contribution in [-0.2, 0) is 27.9 Å². The zero-order valence-electron chi connectivity index (χ0n) is 18.9. The van der Waals surface area contributed by atoms with E-state index >= 15 is 0 Å². The molecule has 1 saturated carbocycles. The lowest BCUT2D eigenvalue weighted by Gasteiger charge is -2.46. The summed E-state index contributed by atoms with van der Waals surface area (Å²) in [6, 6.07) is 6.27. The summed E-state index contributed by atoms with van der Waals surface area (Å²) in [5.74, 6) is -0.0529. The first kappa shape index (κ1) is 21.4. The molecule has 30 heavy (non-hydrogen) atoms. The standard InChI is InChI=1S/C25H36N2O3/c1-5-6-7-8-18-9-10-19-16-24(13-11-20(30-4)12-14-24)25(21(19)15-18)22(28)27(17(2)3)23(29)26-25/h9-10,15,17,20H,5-8,11-14,16H2,1-4H3,(H,26,29). The van der Waals surface area contributed by atoms with Crippen LogP contribution in [-0.4, -0.2) is 36.1 Å². The summed E-state index contributed by atoms with van der Waals surface area (Å²) >= 11 is 0. The normalized spacial score (nSPS) is 30.6. The average molecular weight is 413 g/mol. The number of aryl methyl sites for hydroxylation is 1. The van der Waals surface area contributed by atoms with Crippen molar-refractivity contribution in [2.75, 3.05) is 7.11 Å². The molecule has 5 heteroatoms. The number of carbonyl (C=O) groups excluding carboxylic acids is 2. The number of carbonyl (C=O) groups is 2. The lowest BCUT2D eigenvalue weighted by molar-refractivity contribution is -0.139. The van der Waals surface area contributed by atoms with Crippen molar-refractivity contribution < 1.29 is 14.3 Å². The number of benzene rings is 1. The molecule has 0 bridgehead atoms. The fourth-order valence-corrected chi connectivity index (χ4v) is 6.13. The Balaban J connectivity index is 1.78. The van der Waals surface area contributed by atoms with Crippen molar-refractivity contribution in [3.63, 3.8) is 0 Å². The lowest BCUT2D eigenvalue weighted by Crippen LogP contribution is -2.57. The summed E-state index contributed by atoms with van der Waals surface area (Å²) in [7, 11) is 1.77. The van der Waals surface area contributed by atoms with E-state index in [2.05, 4.69) is 30.4 Å². The van der Waals surface area contributed by atoms with Crippen LogP contribution in [0.4, 0.5) is 4.79 Å². The van der Waals surface area contributed by atoms with E-state index in [1.165, 1.54) is 28.9 Å². The lowest BCUT2D eigenvalue weighted by atomic mass is 9.61. The number of ether oxygens (including phenoxy) is 1. The second kappa shape index (κ2) is 7.99. The van der Waals surface area contributed by atoms with Gasteiger partial charge in [-0.15, -0.1) is 0 Å². The van der Waals surface area contributed by atoms with Crippen molar-refractivity contribution in [2.45, 2.75) is 96.2 Å². The van der Waals surface area contributed by atoms with Gasteiger partial charge in [-0.2, -0.15) is 0 Å². The molecule has 164 valence electrons. The number of hydrogen-bond acceptors (Lipinski definition) is 3. The Kier molecular flexibility index (Phi) is 5.69. The van der Waals surface area contributed by atoms with Crippen LogP contribution < -0.4 is 5.32 Å². The zero-order chi connectivity index (χ0) is 21.5. The third-order valence-corrected chi connectivity index (χ3v) is 7.76. The Morgan fingerprint density at radius 1 is 1.20 bits per heavy atom. The molecule has 3 amide bonds. The molecular formula is C25H36N2O3. The van der Waals surface area contributed by atoms with E-state index in [1.807, 2.05) is 13.8 Å². The van der Waals surface area contributed by atoms with Gasteiger partial charge in [-0.3, -0.25) is 9.69 Å². The molecule has 5 nitrogen and oxygen atoms in total. The van der Waals surface area contributed by atoms with Gasteiger partial charge in [0.2, 0.25) is 0 Å². The van der Waals surface area contributed by atoms with Crippen LogP contribution in [0.1, 0.15) is 82.4 Å². The number of nitrogens with one attached hydrogen (secondary N) is 1. The third-order valence-electron chi connectivity index (χ3n) is 7.76. The molecule has 0 radical (unpaired) electrons. The highest BCUT2D eigenvalue weighted by atomic mass is 16.5. The highest BCUT2D eigenvalue weighted by Gasteiger charge is 2.68. The smallest absolute Gasteiger partial charge is 0.325 e. The van der Waals surface area contributed by atoms with E-state index in [1.54, 1.807) is 7.11 Å². The summed E-state index contributed by atoms with van der Waals surface area (Å²) in [6.07, 6.45) is 9.32. The van der Waals surface area contributed by atoms with E-state index in [-0.39, 0.29) is 29.5 Å². The van der Waals surface area contributed by atoms with Crippen molar-refractivity contribution in [3.05, 3.63) is 34.9 Å². The van der Waals surface area contributed by atoms with E-state index in [9.17, 15) is 9.59 Å². The summed E-state index contributed by atoms with van der Waals surface area (Å²) < 4.78 is 5.62. The summed E-state index contributed by atoms with van der Waals surface area (Å²) in [5, 5.41) is 3.25. The van der Waals surface area contributed by atoms with Crippen molar-refractivity contribution in [1.82, 2.24) is 10.2 Å². The first-order chi connectivity index (χ1) is 14.4. The summed E-state index contributed by atoms with van der Waals surface area (Å²) in [6.45, 7) is 6.05. The van der Waals surface area contributed by atoms with Gasteiger partial charge in [-0.1, -0.05) is 38.0 Å². The second-order valence-corrected chi connectivity index (χ2v) is 9.79. The van der Waals surface area contributed by atoms with Crippen LogP contribution in [0.15, 0.2) is 18.2 Å². The molecule has 4 rings (SSSR count). The number of methoxy groups -OCH3 is 1. The van der Waals surface area contributed by atoms with Crippen molar-refractivity contribution in [1.29, 1.82) is 0 Å². The fraction of sp³-hybridized carbons (Fsp3) is 0.680. The maximum atomic E-state index is 14.0. The number of nitrogens with zero attached hydrogens (tertiary/aromatic N) is 1. The number of urea groups is 1. The van der Waals surface area contributed by atoms with Gasteiger partial charge in [0.1, 0.15) is 0 Å². The Bertz CT molecular complexity index is 826. The Hall–Kier alpha value is -1.88. The van der Waals surface area contributed by atoms with Gasteiger partial charge >= 0.3 is 6.03 Å². The molecule has 2 fully saturated rings. The largest absolute Gasteiger partial charge is 0.381 e. The molecule has 1 aromatic carbocycles. The SMILES string of the molecule is CCCCCc1ccc2c(c1)C1(NC(=O)N(C(C)C)C1=O)C1(CCC(OC)CC1)C2. The van der Waals surface area contributed by atoms with Gasteiger partial charge in [0.15, 0.2) is 5.54 Å². The topological polar surface area (TPSA) is 58.6 Å². The van der Waals surface area contributed by atoms with Crippen LogP contribution >= 0.6 is 0 Å². The maximum absolute atomic E-state index is 14.0. The van der Waals surface area contributed by atoms with Gasteiger partial charge in [0.25, 0.3) is 5.91 Å². The zero-order valence-corrected chi connectivity index (χ0v) is 18.9. The van der Waals surface area contributed by atoms with Gasteiger partial charge in [-0.05, 0) is 75.5 Å². The number of fused-ring (bicyclic) bond motifs is 3. The Morgan fingerprint density at radius 3 is 2.53 bits per heavy atom. The van der Waals surface area contributed by atoms with Gasteiger partial charge < -0.3 is 10.1 Å². The van der Waals surface area contributed by atoms with E-state index in [0.717, 1.165) is 50.5 Å². The van der Waals surface area contributed by atoms with Gasteiger partial charge in [-0.25, -0.2) is 4.79 Å². The number of rotatable bonds is 6. The average Bonchev–Trinajstić information content (AvgIpc) is 3.15. The van der Waals surface area contributed by atoms with Crippen LogP contribution in [0.2, 0.25) is 0 Å². The highest BCUT2D eigenvalue weighted by molar-refractivity contribution is 6.09. The first-order valence-corrected chi connectivity index (χ1v) is 11.7. The predicted octanol–water partition coefficient (Wildman–Crippen LogP) is 4.71. The molecule has 2 spiro atoms. The highest BCUT2D eigenvalue weighted by Crippen LogP contribution is 2.60. The molecule has 1 aliphatic heterocycles. The number of unbranched alkanes of at least 4 members (excludes halogenated alkanes) is 2. The van der Waals surface area contributed by atoms with Crippen molar-refractivity contribution >= 4 is 11.9 Å². The van der Waals surface area contributed by atoms with E-state index in [0.29, 0.717) is 0 Å². The molecule has 2 aliphatic carbocycles. The molecule has 1 saturated heterocycles. The molecule has 0 aromatic heterocycles. The molecule has 3 aliphatic rings. The number of imide groups is 1. The third kappa shape index (κ3) is 3.08. The molecule has 1 atom stereocenters. The summed E-state index contributed by atoms with van der Waals surface area (Å²) in [4.78, 5) is 28.4. The molecule has 1 heterocycles. The van der Waals surface area contributed by atoms with E-state index < -0.39 is 5.54 Å². The molecule has 1 unspecified atom stereocenters. The number of amides is 3. The first-order valence-electron chi connectivity index (χ1n) is 11.7. The minimum atomic E-state index is -0.927.